The number of aryl methyl sites for hydroxylation is 1. The fraction of sp³-hybridized carbons (Fsp3) is 0.625. The van der Waals surface area contributed by atoms with Crippen molar-refractivity contribution in [3.05, 3.63) is 29.1 Å². The van der Waals surface area contributed by atoms with Crippen LogP contribution in [0.25, 0.3) is 0 Å². The first-order valence-electron chi connectivity index (χ1n) is 7.30. The summed E-state index contributed by atoms with van der Waals surface area (Å²) in [6.07, 6.45) is 0. The molecule has 1 aliphatic rings. The number of benzene rings is 1. The second kappa shape index (κ2) is 6.35. The minimum Gasteiger partial charge on any atom is -0.369 e. The first-order chi connectivity index (χ1) is 9.42. The van der Waals surface area contributed by atoms with E-state index < -0.39 is 0 Å². The Morgan fingerprint density at radius 2 is 1.90 bits per heavy atom. The Bertz CT molecular complexity index is 468. The van der Waals surface area contributed by atoms with Gasteiger partial charge in [0, 0.05) is 35.3 Å². The van der Waals surface area contributed by atoms with E-state index in [2.05, 4.69) is 31.0 Å². The third-order valence-electron chi connectivity index (χ3n) is 3.97. The predicted octanol–water partition coefficient (Wildman–Crippen LogP) is 3.74. The van der Waals surface area contributed by atoms with Crippen LogP contribution in [0, 0.1) is 12.7 Å². The first-order valence-corrected chi connectivity index (χ1v) is 8.24. The number of anilines is 1. The lowest BCUT2D eigenvalue weighted by molar-refractivity contribution is 0.598. The van der Waals surface area contributed by atoms with E-state index in [1.807, 2.05) is 31.8 Å². The molecule has 0 amide bonds. The van der Waals surface area contributed by atoms with Crippen LogP contribution in [0.3, 0.4) is 0 Å². The van der Waals surface area contributed by atoms with E-state index >= 15 is 0 Å². The number of nitrogens with one attached hydrogen (secondary N) is 1. The molecule has 20 heavy (non-hydrogen) atoms. The summed E-state index contributed by atoms with van der Waals surface area (Å²) in [5, 5.41) is 4.46. The van der Waals surface area contributed by atoms with Crippen molar-refractivity contribution in [1.82, 2.24) is 5.32 Å². The molecule has 1 fully saturated rings. The van der Waals surface area contributed by atoms with Crippen LogP contribution in [-0.4, -0.2) is 30.6 Å². The molecule has 0 saturated carbocycles. The second-order valence-corrected chi connectivity index (χ2v) is 7.71. The highest BCUT2D eigenvalue weighted by molar-refractivity contribution is 8.00. The van der Waals surface area contributed by atoms with Gasteiger partial charge < -0.3 is 10.2 Å². The number of halogens is 1. The summed E-state index contributed by atoms with van der Waals surface area (Å²) in [5.74, 6) is -0.113. The van der Waals surface area contributed by atoms with E-state index in [9.17, 15) is 4.39 Å². The molecule has 0 spiro atoms. The van der Waals surface area contributed by atoms with Gasteiger partial charge in [0.05, 0.1) is 0 Å². The minimum absolute atomic E-state index is 0.113. The van der Waals surface area contributed by atoms with Gasteiger partial charge in [-0.1, -0.05) is 13.8 Å². The Balaban J connectivity index is 2.40. The topological polar surface area (TPSA) is 15.3 Å². The van der Waals surface area contributed by atoms with Gasteiger partial charge >= 0.3 is 0 Å². The zero-order valence-corrected chi connectivity index (χ0v) is 13.9. The fourth-order valence-electron chi connectivity index (χ4n) is 2.83. The van der Waals surface area contributed by atoms with Crippen molar-refractivity contribution in [1.29, 1.82) is 0 Å². The first kappa shape index (κ1) is 15.6. The van der Waals surface area contributed by atoms with Crippen molar-refractivity contribution in [2.24, 2.45) is 0 Å². The Kier molecular flexibility index (Phi) is 4.97. The Morgan fingerprint density at radius 1 is 1.30 bits per heavy atom. The molecule has 1 aromatic carbocycles. The molecule has 112 valence electrons. The quantitative estimate of drug-likeness (QED) is 0.914. The third-order valence-corrected chi connectivity index (χ3v) is 5.20. The molecule has 0 bridgehead atoms. The molecule has 2 nitrogen and oxygen atoms in total. The van der Waals surface area contributed by atoms with E-state index in [-0.39, 0.29) is 11.9 Å². The van der Waals surface area contributed by atoms with Crippen molar-refractivity contribution < 1.29 is 4.39 Å². The number of thioether (sulfide) groups is 1. The zero-order chi connectivity index (χ0) is 14.9. The lowest BCUT2D eigenvalue weighted by atomic mass is 10.0. The lowest BCUT2D eigenvalue weighted by Crippen LogP contribution is -2.41. The molecule has 0 aliphatic carbocycles. The maximum absolute atomic E-state index is 13.9. The van der Waals surface area contributed by atoms with E-state index in [1.165, 1.54) is 5.69 Å². The van der Waals surface area contributed by atoms with E-state index in [0.717, 1.165) is 24.2 Å². The maximum Gasteiger partial charge on any atom is 0.126 e. The zero-order valence-electron chi connectivity index (χ0n) is 13.0. The standard InChI is InChI=1S/C16H25FN2S/c1-10-6-16(14(7-15(10)17)13(4)18-5)19-8-11(2)20-12(3)9-19/h6-7,11-13,18H,8-9H2,1-5H3. The van der Waals surface area contributed by atoms with E-state index in [1.54, 1.807) is 6.07 Å². The van der Waals surface area contributed by atoms with Crippen molar-refractivity contribution in [2.75, 3.05) is 25.0 Å². The molecule has 4 heteroatoms. The summed E-state index contributed by atoms with van der Waals surface area (Å²) >= 11 is 2.04. The predicted molar refractivity (Wildman–Crippen MR) is 87.3 cm³/mol. The van der Waals surface area contributed by atoms with Gasteiger partial charge in [0.25, 0.3) is 0 Å². The van der Waals surface area contributed by atoms with Crippen LogP contribution in [0.2, 0.25) is 0 Å². The summed E-state index contributed by atoms with van der Waals surface area (Å²) in [4.78, 5) is 2.42. The highest BCUT2D eigenvalue weighted by Crippen LogP contribution is 2.34. The normalized spacial score (nSPS) is 24.8. The van der Waals surface area contributed by atoms with Crippen molar-refractivity contribution in [3.8, 4) is 0 Å². The third kappa shape index (κ3) is 3.29. The Labute approximate surface area is 126 Å². The van der Waals surface area contributed by atoms with Crippen LogP contribution in [0.5, 0.6) is 0 Å². The number of nitrogens with zero attached hydrogens (tertiary/aromatic N) is 1. The van der Waals surface area contributed by atoms with Crippen LogP contribution in [0.4, 0.5) is 10.1 Å². The average Bonchev–Trinajstić information content (AvgIpc) is 2.39. The molecular formula is C16H25FN2S. The fourth-order valence-corrected chi connectivity index (χ4v) is 4.16. The Morgan fingerprint density at radius 3 is 2.45 bits per heavy atom. The van der Waals surface area contributed by atoms with Gasteiger partial charge in [-0.2, -0.15) is 11.8 Å². The summed E-state index contributed by atoms with van der Waals surface area (Å²) in [6, 6.07) is 3.86. The smallest absolute Gasteiger partial charge is 0.126 e. The molecule has 2 rings (SSSR count). The van der Waals surface area contributed by atoms with Gasteiger partial charge in [0.1, 0.15) is 5.82 Å². The van der Waals surface area contributed by atoms with Gasteiger partial charge in [-0.05, 0) is 44.2 Å². The largest absolute Gasteiger partial charge is 0.369 e. The molecule has 3 atom stereocenters. The molecule has 1 N–H and O–H groups in total. The summed E-state index contributed by atoms with van der Waals surface area (Å²) in [6.45, 7) is 10.5. The van der Waals surface area contributed by atoms with Crippen LogP contribution >= 0.6 is 11.8 Å². The molecule has 0 aromatic heterocycles. The van der Waals surface area contributed by atoms with Gasteiger partial charge in [0.15, 0.2) is 0 Å². The number of rotatable bonds is 3. The SMILES string of the molecule is CNC(C)c1cc(F)c(C)cc1N1CC(C)SC(C)C1. The van der Waals surface area contributed by atoms with Crippen LogP contribution in [-0.2, 0) is 0 Å². The highest BCUT2D eigenvalue weighted by Gasteiger charge is 2.25. The Hall–Kier alpha value is -0.740. The van der Waals surface area contributed by atoms with Crippen molar-refractivity contribution in [2.45, 2.75) is 44.2 Å². The molecule has 1 aliphatic heterocycles. The van der Waals surface area contributed by atoms with Gasteiger partial charge in [-0.15, -0.1) is 0 Å². The summed E-state index contributed by atoms with van der Waals surface area (Å²) in [7, 11) is 1.92. The van der Waals surface area contributed by atoms with Crippen LogP contribution in [0.15, 0.2) is 12.1 Å². The monoisotopic (exact) mass is 296 g/mol. The molecular weight excluding hydrogens is 271 g/mol. The number of hydrogen-bond acceptors (Lipinski definition) is 3. The molecule has 1 aromatic rings. The molecule has 1 saturated heterocycles. The molecule has 1 heterocycles. The van der Waals surface area contributed by atoms with Gasteiger partial charge in [-0.3, -0.25) is 0 Å². The minimum atomic E-state index is -0.113. The summed E-state index contributed by atoms with van der Waals surface area (Å²) < 4.78 is 13.9. The second-order valence-electron chi connectivity index (χ2n) is 5.83. The average molecular weight is 296 g/mol. The van der Waals surface area contributed by atoms with Crippen LogP contribution < -0.4 is 10.2 Å². The highest BCUT2D eigenvalue weighted by atomic mass is 32.2. The van der Waals surface area contributed by atoms with Crippen molar-refractivity contribution >= 4 is 17.4 Å². The number of hydrogen-bond donors (Lipinski definition) is 1. The van der Waals surface area contributed by atoms with Gasteiger partial charge in [-0.25, -0.2) is 4.39 Å². The molecule has 3 unspecified atom stereocenters. The van der Waals surface area contributed by atoms with Gasteiger partial charge in [0.2, 0.25) is 0 Å². The summed E-state index contributed by atoms with van der Waals surface area (Å²) in [5.41, 5.74) is 2.97. The van der Waals surface area contributed by atoms with Crippen LogP contribution in [0.1, 0.15) is 37.9 Å². The lowest BCUT2D eigenvalue weighted by Gasteiger charge is -2.38. The maximum atomic E-state index is 13.9. The van der Waals surface area contributed by atoms with E-state index in [0.29, 0.717) is 10.5 Å². The molecule has 0 radical (unpaired) electrons. The van der Waals surface area contributed by atoms with Crippen molar-refractivity contribution in [3.63, 3.8) is 0 Å². The van der Waals surface area contributed by atoms with E-state index in [4.69, 9.17) is 0 Å².